The Labute approximate surface area is 176 Å². The van der Waals surface area contributed by atoms with Gasteiger partial charge in [0.2, 0.25) is 5.82 Å². The predicted molar refractivity (Wildman–Crippen MR) is 118 cm³/mol. The molecule has 1 unspecified atom stereocenters. The molecule has 5 heteroatoms. The van der Waals surface area contributed by atoms with Crippen molar-refractivity contribution in [2.45, 2.75) is 19.1 Å². The third kappa shape index (κ3) is 4.26. The molecule has 0 bridgehead atoms. The lowest BCUT2D eigenvalue weighted by Gasteiger charge is -2.30. The fraction of sp³-hybridized carbons (Fsp3) is 0.200. The van der Waals surface area contributed by atoms with E-state index in [1.165, 1.54) is 0 Å². The summed E-state index contributed by atoms with van der Waals surface area (Å²) in [5.74, 6) is 1.71. The summed E-state index contributed by atoms with van der Waals surface area (Å²) in [6.45, 7) is 2.15. The van der Waals surface area contributed by atoms with Gasteiger partial charge in [-0.05, 0) is 38.7 Å². The number of rotatable bonds is 7. The van der Waals surface area contributed by atoms with E-state index < -0.39 is 0 Å². The lowest BCUT2D eigenvalue weighted by atomic mass is 10.0. The number of nitrogens with zero attached hydrogens (tertiary/aromatic N) is 3. The second kappa shape index (κ2) is 8.93. The van der Waals surface area contributed by atoms with Crippen LogP contribution in [0.3, 0.4) is 0 Å². The van der Waals surface area contributed by atoms with Crippen LogP contribution in [0.4, 0.5) is 0 Å². The molecule has 4 aromatic rings. The lowest BCUT2D eigenvalue weighted by Crippen LogP contribution is -2.34. The molecule has 30 heavy (non-hydrogen) atoms. The summed E-state index contributed by atoms with van der Waals surface area (Å²) < 4.78 is 12.1. The Morgan fingerprint density at radius 1 is 0.833 bits per heavy atom. The van der Waals surface area contributed by atoms with Crippen LogP contribution in [-0.4, -0.2) is 35.2 Å². The van der Waals surface area contributed by atoms with Gasteiger partial charge in [-0.1, -0.05) is 78.0 Å². The number of para-hydroxylation sites is 1. The molecule has 3 aromatic carbocycles. The van der Waals surface area contributed by atoms with E-state index in [0.717, 1.165) is 16.7 Å². The summed E-state index contributed by atoms with van der Waals surface area (Å²) in [4.78, 5) is 6.76. The maximum atomic E-state index is 6.55. The summed E-state index contributed by atoms with van der Waals surface area (Å²) in [5.41, 5.74) is 2.80. The number of ether oxygens (including phenoxy) is 1. The van der Waals surface area contributed by atoms with Crippen molar-refractivity contribution in [3.8, 4) is 28.6 Å². The summed E-state index contributed by atoms with van der Waals surface area (Å²) in [6.07, 6.45) is -0.154. The zero-order valence-electron chi connectivity index (χ0n) is 17.4. The van der Waals surface area contributed by atoms with Crippen LogP contribution in [0.1, 0.15) is 18.6 Å². The van der Waals surface area contributed by atoms with Gasteiger partial charge in [-0.2, -0.15) is 4.98 Å². The molecule has 0 saturated heterocycles. The first kappa shape index (κ1) is 19.9. The van der Waals surface area contributed by atoms with Crippen molar-refractivity contribution < 1.29 is 9.26 Å². The fourth-order valence-corrected chi connectivity index (χ4v) is 3.28. The second-order valence-electron chi connectivity index (χ2n) is 7.44. The van der Waals surface area contributed by atoms with E-state index in [1.807, 2.05) is 72.8 Å². The molecular weight excluding hydrogens is 374 g/mol. The maximum Gasteiger partial charge on any atom is 0.262 e. The van der Waals surface area contributed by atoms with Crippen LogP contribution in [-0.2, 0) is 0 Å². The molecule has 1 aromatic heterocycles. The van der Waals surface area contributed by atoms with Crippen LogP contribution in [0.15, 0.2) is 89.5 Å². The Hall–Kier alpha value is -3.44. The monoisotopic (exact) mass is 399 g/mol. The molecule has 0 aliphatic carbocycles. The first-order valence-corrected chi connectivity index (χ1v) is 10.00. The molecule has 152 valence electrons. The average Bonchev–Trinajstić information content (AvgIpc) is 3.28. The molecule has 0 fully saturated rings. The molecule has 0 aliphatic rings. The van der Waals surface area contributed by atoms with Gasteiger partial charge in [0.25, 0.3) is 5.89 Å². The maximum absolute atomic E-state index is 6.55. The Morgan fingerprint density at radius 2 is 1.47 bits per heavy atom. The van der Waals surface area contributed by atoms with Gasteiger partial charge in [-0.3, -0.25) is 0 Å². The zero-order valence-corrected chi connectivity index (χ0v) is 17.4. The Bertz CT molecular complexity index is 1080. The van der Waals surface area contributed by atoms with Crippen molar-refractivity contribution in [1.82, 2.24) is 15.0 Å². The minimum absolute atomic E-state index is 0.154. The van der Waals surface area contributed by atoms with Gasteiger partial charge in [-0.15, -0.1) is 0 Å². The smallest absolute Gasteiger partial charge is 0.262 e. The van der Waals surface area contributed by atoms with Gasteiger partial charge >= 0.3 is 0 Å². The number of hydrogen-bond donors (Lipinski definition) is 0. The van der Waals surface area contributed by atoms with Gasteiger partial charge < -0.3 is 14.2 Å². The summed E-state index contributed by atoms with van der Waals surface area (Å²) in [6, 6.07) is 28.0. The van der Waals surface area contributed by atoms with E-state index in [4.69, 9.17) is 9.26 Å². The number of likely N-dealkylation sites (N-methyl/N-ethyl adjacent to an activating group) is 1. The highest BCUT2D eigenvalue weighted by atomic mass is 16.5. The van der Waals surface area contributed by atoms with E-state index in [0.29, 0.717) is 17.5 Å². The minimum atomic E-state index is -0.154. The molecule has 0 N–H and O–H groups in total. The molecule has 2 atom stereocenters. The van der Waals surface area contributed by atoms with Gasteiger partial charge in [0, 0.05) is 11.6 Å². The van der Waals surface area contributed by atoms with Crippen LogP contribution in [0.25, 0.3) is 22.8 Å². The highest BCUT2D eigenvalue weighted by Gasteiger charge is 2.25. The molecule has 0 saturated carbocycles. The molecule has 4 rings (SSSR count). The van der Waals surface area contributed by atoms with Gasteiger partial charge in [0.15, 0.2) is 0 Å². The van der Waals surface area contributed by atoms with Crippen molar-refractivity contribution >= 4 is 0 Å². The quantitative estimate of drug-likeness (QED) is 0.412. The summed E-state index contributed by atoms with van der Waals surface area (Å²) in [7, 11) is 4.11. The second-order valence-corrected chi connectivity index (χ2v) is 7.44. The molecule has 0 radical (unpaired) electrons. The van der Waals surface area contributed by atoms with E-state index in [-0.39, 0.29) is 12.1 Å². The van der Waals surface area contributed by atoms with Crippen LogP contribution >= 0.6 is 0 Å². The SMILES string of the molecule is C[C@H](C(Oc1ccccc1-c1nc(-c2ccccc2)no1)c1ccccc1)N(C)C. The van der Waals surface area contributed by atoms with Crippen molar-refractivity contribution in [3.05, 3.63) is 90.5 Å². The molecule has 1 heterocycles. The first-order chi connectivity index (χ1) is 14.6. The molecule has 5 nitrogen and oxygen atoms in total. The van der Waals surface area contributed by atoms with Crippen molar-refractivity contribution in [2.24, 2.45) is 0 Å². The third-order valence-electron chi connectivity index (χ3n) is 5.21. The molecule has 0 amide bonds. The van der Waals surface area contributed by atoms with Crippen LogP contribution in [0, 0.1) is 0 Å². The number of benzene rings is 3. The molecule has 0 aliphatic heterocycles. The lowest BCUT2D eigenvalue weighted by molar-refractivity contribution is 0.108. The van der Waals surface area contributed by atoms with Crippen LogP contribution in [0.2, 0.25) is 0 Å². The largest absolute Gasteiger partial charge is 0.483 e. The van der Waals surface area contributed by atoms with Crippen LogP contribution in [0.5, 0.6) is 5.75 Å². The van der Waals surface area contributed by atoms with E-state index in [9.17, 15) is 0 Å². The van der Waals surface area contributed by atoms with Crippen molar-refractivity contribution in [1.29, 1.82) is 0 Å². The summed E-state index contributed by atoms with van der Waals surface area (Å²) in [5, 5.41) is 4.15. The standard InChI is InChI=1S/C25H25N3O2/c1-18(28(2)3)23(19-12-6-4-7-13-19)29-22-17-11-10-16-21(22)25-26-24(27-30-25)20-14-8-5-9-15-20/h4-18,23H,1-3H3/t18-,23?/m1/s1. The predicted octanol–water partition coefficient (Wildman–Crippen LogP) is 5.47. The fourth-order valence-electron chi connectivity index (χ4n) is 3.28. The van der Waals surface area contributed by atoms with Gasteiger partial charge in [0.1, 0.15) is 11.9 Å². The first-order valence-electron chi connectivity index (χ1n) is 10.00. The molecular formula is C25H25N3O2. The van der Waals surface area contributed by atoms with E-state index in [1.54, 1.807) is 0 Å². The minimum Gasteiger partial charge on any atom is -0.483 e. The van der Waals surface area contributed by atoms with Crippen molar-refractivity contribution in [2.75, 3.05) is 14.1 Å². The number of aromatic nitrogens is 2. The van der Waals surface area contributed by atoms with Crippen LogP contribution < -0.4 is 4.74 Å². The van der Waals surface area contributed by atoms with E-state index in [2.05, 4.69) is 48.2 Å². The third-order valence-corrected chi connectivity index (χ3v) is 5.21. The van der Waals surface area contributed by atoms with Gasteiger partial charge in [0.05, 0.1) is 5.56 Å². The highest BCUT2D eigenvalue weighted by molar-refractivity contribution is 5.65. The molecule has 0 spiro atoms. The number of hydrogen-bond acceptors (Lipinski definition) is 5. The average molecular weight is 399 g/mol. The Balaban J connectivity index is 1.68. The topological polar surface area (TPSA) is 51.4 Å². The Kier molecular flexibility index (Phi) is 5.91. The van der Waals surface area contributed by atoms with Crippen molar-refractivity contribution in [3.63, 3.8) is 0 Å². The summed E-state index contributed by atoms with van der Waals surface area (Å²) >= 11 is 0. The zero-order chi connectivity index (χ0) is 20.9. The normalized spacial score (nSPS) is 13.2. The van der Waals surface area contributed by atoms with E-state index >= 15 is 0 Å². The highest BCUT2D eigenvalue weighted by Crippen LogP contribution is 2.34. The van der Waals surface area contributed by atoms with Gasteiger partial charge in [-0.25, -0.2) is 0 Å². The Morgan fingerprint density at radius 3 is 2.17 bits per heavy atom.